The Kier molecular flexibility index (Phi) is 4.99. The fraction of sp³-hybridized carbons (Fsp3) is 0.188. The van der Waals surface area contributed by atoms with Crippen molar-refractivity contribution in [2.75, 3.05) is 17.7 Å². The molecule has 0 radical (unpaired) electrons. The van der Waals surface area contributed by atoms with Gasteiger partial charge in [0, 0.05) is 11.2 Å². The SMILES string of the molecule is COC(=O)Nc1ccnc(N[C@@H](C)c2nc3cc(Cl)ccc3[nH]c2=O)n1. The van der Waals surface area contributed by atoms with E-state index >= 15 is 0 Å². The zero-order chi connectivity index (χ0) is 18.7. The second kappa shape index (κ2) is 7.36. The van der Waals surface area contributed by atoms with E-state index in [-0.39, 0.29) is 23.0 Å². The topological polar surface area (TPSA) is 122 Å². The zero-order valence-electron chi connectivity index (χ0n) is 13.9. The van der Waals surface area contributed by atoms with Crippen LogP contribution >= 0.6 is 11.6 Å². The van der Waals surface area contributed by atoms with Crippen LogP contribution < -0.4 is 16.2 Å². The van der Waals surface area contributed by atoms with Crippen LogP contribution in [0.25, 0.3) is 11.0 Å². The number of methoxy groups -OCH3 is 1. The lowest BCUT2D eigenvalue weighted by Crippen LogP contribution is -2.22. The average molecular weight is 375 g/mol. The van der Waals surface area contributed by atoms with E-state index in [0.717, 1.165) is 0 Å². The van der Waals surface area contributed by atoms with Crippen molar-refractivity contribution in [1.82, 2.24) is 19.9 Å². The number of hydrogen-bond acceptors (Lipinski definition) is 7. The molecular weight excluding hydrogens is 360 g/mol. The van der Waals surface area contributed by atoms with Gasteiger partial charge in [-0.3, -0.25) is 10.1 Å². The molecule has 26 heavy (non-hydrogen) atoms. The van der Waals surface area contributed by atoms with E-state index in [1.165, 1.54) is 19.4 Å². The fourth-order valence-electron chi connectivity index (χ4n) is 2.28. The number of amides is 1. The van der Waals surface area contributed by atoms with Gasteiger partial charge in [0.15, 0.2) is 0 Å². The Morgan fingerprint density at radius 3 is 2.88 bits per heavy atom. The molecule has 0 spiro atoms. The van der Waals surface area contributed by atoms with Crippen LogP contribution in [0.15, 0.2) is 35.3 Å². The van der Waals surface area contributed by atoms with Crippen molar-refractivity contribution >= 4 is 40.5 Å². The summed E-state index contributed by atoms with van der Waals surface area (Å²) in [6.45, 7) is 1.75. The molecule has 0 aliphatic rings. The molecule has 1 atom stereocenters. The summed E-state index contributed by atoms with van der Waals surface area (Å²) in [5.74, 6) is 0.479. The van der Waals surface area contributed by atoms with Gasteiger partial charge in [-0.05, 0) is 31.2 Å². The van der Waals surface area contributed by atoms with Crippen molar-refractivity contribution in [3.05, 3.63) is 51.5 Å². The summed E-state index contributed by atoms with van der Waals surface area (Å²) in [6, 6.07) is 6.06. The predicted octanol–water partition coefficient (Wildman–Crippen LogP) is 2.72. The first-order valence-corrected chi connectivity index (χ1v) is 7.98. The average Bonchev–Trinajstić information content (AvgIpc) is 2.61. The highest BCUT2D eigenvalue weighted by Gasteiger charge is 2.15. The number of anilines is 2. The molecule has 0 saturated heterocycles. The van der Waals surface area contributed by atoms with Crippen molar-refractivity contribution in [3.8, 4) is 0 Å². The molecule has 9 nitrogen and oxygen atoms in total. The molecule has 0 bridgehead atoms. The van der Waals surface area contributed by atoms with Gasteiger partial charge in [0.05, 0.1) is 24.2 Å². The molecular formula is C16H15ClN6O3. The quantitative estimate of drug-likeness (QED) is 0.641. The number of aromatic nitrogens is 4. The van der Waals surface area contributed by atoms with Crippen LogP contribution in [0, 0.1) is 0 Å². The van der Waals surface area contributed by atoms with Gasteiger partial charge in [-0.1, -0.05) is 11.6 Å². The van der Waals surface area contributed by atoms with Crippen LogP contribution in [-0.4, -0.2) is 33.1 Å². The summed E-state index contributed by atoms with van der Waals surface area (Å²) in [4.78, 5) is 38.9. The monoisotopic (exact) mass is 374 g/mol. The van der Waals surface area contributed by atoms with Crippen molar-refractivity contribution in [2.24, 2.45) is 0 Å². The minimum absolute atomic E-state index is 0.221. The van der Waals surface area contributed by atoms with Gasteiger partial charge in [-0.25, -0.2) is 14.8 Å². The maximum absolute atomic E-state index is 12.3. The van der Waals surface area contributed by atoms with Crippen LogP contribution in [0.5, 0.6) is 0 Å². The molecule has 0 saturated carbocycles. The molecule has 1 aromatic carbocycles. The van der Waals surface area contributed by atoms with Crippen LogP contribution in [0.4, 0.5) is 16.6 Å². The van der Waals surface area contributed by atoms with E-state index in [9.17, 15) is 9.59 Å². The number of hydrogen-bond donors (Lipinski definition) is 3. The lowest BCUT2D eigenvalue weighted by atomic mass is 10.2. The second-order valence-electron chi connectivity index (χ2n) is 5.36. The lowest BCUT2D eigenvalue weighted by molar-refractivity contribution is 0.187. The standard InChI is InChI=1S/C16H15ClN6O3/c1-8(19-15-18-6-5-12(22-15)23-16(25)26-2)13-14(24)21-10-4-3-9(17)7-11(10)20-13/h3-8H,1-2H3,(H,21,24)(H2,18,19,22,23,25)/t8-/m0/s1. The lowest BCUT2D eigenvalue weighted by Gasteiger charge is -2.13. The van der Waals surface area contributed by atoms with Crippen LogP contribution in [0.3, 0.4) is 0 Å². The Bertz CT molecular complexity index is 1020. The number of carbonyl (C=O) groups excluding carboxylic acids is 1. The summed E-state index contributed by atoms with van der Waals surface area (Å²) in [5, 5.41) is 5.94. The molecule has 3 aromatic rings. The minimum Gasteiger partial charge on any atom is -0.453 e. The zero-order valence-corrected chi connectivity index (χ0v) is 14.7. The number of H-pyrrole nitrogens is 1. The molecule has 134 valence electrons. The number of aromatic amines is 1. The molecule has 1 amide bonds. The summed E-state index contributed by atoms with van der Waals surface area (Å²) in [6.07, 6.45) is 0.817. The van der Waals surface area contributed by atoms with E-state index in [4.69, 9.17) is 11.6 Å². The highest BCUT2D eigenvalue weighted by atomic mass is 35.5. The first-order chi connectivity index (χ1) is 12.5. The van der Waals surface area contributed by atoms with Crippen molar-refractivity contribution in [2.45, 2.75) is 13.0 Å². The van der Waals surface area contributed by atoms with Crippen LogP contribution in [0.1, 0.15) is 18.7 Å². The van der Waals surface area contributed by atoms with Gasteiger partial charge in [-0.15, -0.1) is 0 Å². The van der Waals surface area contributed by atoms with E-state index in [1.54, 1.807) is 25.1 Å². The number of fused-ring (bicyclic) bond motifs is 1. The number of ether oxygens (including phenoxy) is 1. The van der Waals surface area contributed by atoms with Gasteiger partial charge >= 0.3 is 6.09 Å². The highest BCUT2D eigenvalue weighted by molar-refractivity contribution is 6.31. The number of benzene rings is 1. The number of halogens is 1. The summed E-state index contributed by atoms with van der Waals surface area (Å²) in [5.41, 5.74) is 1.09. The van der Waals surface area contributed by atoms with E-state index in [2.05, 4.69) is 35.3 Å². The fourth-order valence-corrected chi connectivity index (χ4v) is 2.45. The molecule has 0 unspecified atom stereocenters. The molecule has 0 fully saturated rings. The van der Waals surface area contributed by atoms with Crippen LogP contribution in [-0.2, 0) is 4.74 Å². The third-order valence-electron chi connectivity index (χ3n) is 3.51. The second-order valence-corrected chi connectivity index (χ2v) is 5.80. The van der Waals surface area contributed by atoms with Gasteiger partial charge in [0.2, 0.25) is 5.95 Å². The normalized spacial score (nSPS) is 11.8. The maximum atomic E-state index is 12.3. The first kappa shape index (κ1) is 17.6. The maximum Gasteiger partial charge on any atom is 0.412 e. The number of carbonyl (C=O) groups is 1. The van der Waals surface area contributed by atoms with Gasteiger partial charge in [0.1, 0.15) is 11.5 Å². The third-order valence-corrected chi connectivity index (χ3v) is 3.74. The van der Waals surface area contributed by atoms with Gasteiger partial charge in [0.25, 0.3) is 5.56 Å². The summed E-state index contributed by atoms with van der Waals surface area (Å²) < 4.78 is 4.51. The Morgan fingerprint density at radius 2 is 2.12 bits per heavy atom. The minimum atomic E-state index is -0.646. The number of nitrogens with one attached hydrogen (secondary N) is 3. The summed E-state index contributed by atoms with van der Waals surface area (Å²) in [7, 11) is 1.25. The predicted molar refractivity (Wildman–Crippen MR) is 97.5 cm³/mol. The molecule has 3 rings (SSSR count). The molecule has 2 aromatic heterocycles. The van der Waals surface area contributed by atoms with E-state index in [0.29, 0.717) is 16.1 Å². The van der Waals surface area contributed by atoms with E-state index < -0.39 is 12.1 Å². The molecule has 10 heteroatoms. The Balaban J connectivity index is 1.86. The van der Waals surface area contributed by atoms with E-state index in [1.807, 2.05) is 0 Å². The number of rotatable bonds is 4. The molecule has 2 heterocycles. The largest absolute Gasteiger partial charge is 0.453 e. The number of nitrogens with zero attached hydrogens (tertiary/aromatic N) is 3. The van der Waals surface area contributed by atoms with Crippen molar-refractivity contribution < 1.29 is 9.53 Å². The Hall–Kier alpha value is -3.20. The van der Waals surface area contributed by atoms with Crippen LogP contribution in [0.2, 0.25) is 5.02 Å². The molecule has 0 aliphatic carbocycles. The highest BCUT2D eigenvalue weighted by Crippen LogP contribution is 2.18. The van der Waals surface area contributed by atoms with Gasteiger partial charge < -0.3 is 15.0 Å². The molecule has 0 aliphatic heterocycles. The smallest absolute Gasteiger partial charge is 0.412 e. The Morgan fingerprint density at radius 1 is 1.31 bits per heavy atom. The molecule has 3 N–H and O–H groups in total. The van der Waals surface area contributed by atoms with Crippen molar-refractivity contribution in [3.63, 3.8) is 0 Å². The summed E-state index contributed by atoms with van der Waals surface area (Å²) >= 11 is 5.98. The Labute approximate surface area is 152 Å². The third kappa shape index (κ3) is 3.89. The van der Waals surface area contributed by atoms with Gasteiger partial charge in [-0.2, -0.15) is 4.98 Å². The van der Waals surface area contributed by atoms with Crippen molar-refractivity contribution in [1.29, 1.82) is 0 Å². The first-order valence-electron chi connectivity index (χ1n) is 7.60.